The van der Waals surface area contributed by atoms with Crippen molar-refractivity contribution in [2.75, 3.05) is 13.1 Å². The first-order valence-electron chi connectivity index (χ1n) is 10.0. The SMILES string of the molecule is NCCNC(=O)c1cnc2ccc(-c3c(-c4ccccn4)nn4c3CCC4)cc2n1. The number of aromatic nitrogens is 5. The lowest BCUT2D eigenvalue weighted by molar-refractivity contribution is 0.0950. The first-order valence-corrected chi connectivity index (χ1v) is 10.0. The highest BCUT2D eigenvalue weighted by Crippen LogP contribution is 2.37. The summed E-state index contributed by atoms with van der Waals surface area (Å²) in [6.45, 7) is 1.68. The summed E-state index contributed by atoms with van der Waals surface area (Å²) in [6.07, 6.45) is 5.32. The summed E-state index contributed by atoms with van der Waals surface area (Å²) in [5, 5.41) is 7.57. The zero-order valence-electron chi connectivity index (χ0n) is 16.4. The zero-order valence-corrected chi connectivity index (χ0v) is 16.4. The van der Waals surface area contributed by atoms with Gasteiger partial charge in [0.15, 0.2) is 0 Å². The summed E-state index contributed by atoms with van der Waals surface area (Å²) in [6, 6.07) is 11.8. The van der Waals surface area contributed by atoms with Gasteiger partial charge in [0.25, 0.3) is 5.91 Å². The normalized spacial score (nSPS) is 12.8. The minimum Gasteiger partial charge on any atom is -0.349 e. The van der Waals surface area contributed by atoms with E-state index >= 15 is 0 Å². The van der Waals surface area contributed by atoms with Gasteiger partial charge in [-0.2, -0.15) is 5.10 Å². The molecule has 4 heterocycles. The Morgan fingerprint density at radius 2 is 2.10 bits per heavy atom. The standard InChI is InChI=1S/C22H21N7O/c23-8-10-25-22(30)18-13-26-15-7-6-14(12-17(15)27-18)20-19-5-3-11-29(19)28-21(20)16-4-1-2-9-24-16/h1-2,4,6-7,9,12-13H,3,5,8,10-11,23H2,(H,25,30). The number of nitrogens with two attached hydrogens (primary N) is 1. The third-order valence-electron chi connectivity index (χ3n) is 5.24. The first kappa shape index (κ1) is 18.4. The number of fused-ring (bicyclic) bond motifs is 2. The Bertz CT molecular complexity index is 1230. The number of amides is 1. The molecule has 0 radical (unpaired) electrons. The van der Waals surface area contributed by atoms with E-state index in [0.29, 0.717) is 18.6 Å². The summed E-state index contributed by atoms with van der Waals surface area (Å²) in [5.41, 5.74) is 12.1. The van der Waals surface area contributed by atoms with E-state index in [1.807, 2.05) is 36.4 Å². The third kappa shape index (κ3) is 3.21. The van der Waals surface area contributed by atoms with Crippen molar-refractivity contribution in [3.05, 3.63) is 60.2 Å². The molecular weight excluding hydrogens is 378 g/mol. The Balaban J connectivity index is 1.62. The van der Waals surface area contributed by atoms with Gasteiger partial charge in [0.2, 0.25) is 0 Å². The Kier molecular flexibility index (Phi) is 4.68. The van der Waals surface area contributed by atoms with Gasteiger partial charge < -0.3 is 11.1 Å². The van der Waals surface area contributed by atoms with Gasteiger partial charge in [0, 0.05) is 37.1 Å². The number of hydrogen-bond acceptors (Lipinski definition) is 6. The lowest BCUT2D eigenvalue weighted by Crippen LogP contribution is -2.29. The predicted molar refractivity (Wildman–Crippen MR) is 114 cm³/mol. The number of nitrogens with one attached hydrogen (secondary N) is 1. The van der Waals surface area contributed by atoms with Crippen molar-refractivity contribution in [2.24, 2.45) is 5.73 Å². The van der Waals surface area contributed by atoms with Gasteiger partial charge in [0.05, 0.1) is 22.9 Å². The van der Waals surface area contributed by atoms with Gasteiger partial charge in [-0.1, -0.05) is 12.1 Å². The van der Waals surface area contributed by atoms with Crippen LogP contribution in [0, 0.1) is 0 Å². The van der Waals surface area contributed by atoms with E-state index in [9.17, 15) is 4.79 Å². The van der Waals surface area contributed by atoms with Crippen molar-refractivity contribution < 1.29 is 4.79 Å². The molecule has 1 aromatic carbocycles. The van der Waals surface area contributed by atoms with Gasteiger partial charge in [-0.3, -0.25) is 19.4 Å². The summed E-state index contributed by atoms with van der Waals surface area (Å²) in [4.78, 5) is 25.7. The maximum absolute atomic E-state index is 12.3. The smallest absolute Gasteiger partial charge is 0.271 e. The van der Waals surface area contributed by atoms with Crippen molar-refractivity contribution >= 4 is 16.9 Å². The lowest BCUT2D eigenvalue weighted by atomic mass is 9.99. The molecule has 1 aliphatic heterocycles. The number of rotatable bonds is 5. The van der Waals surface area contributed by atoms with Crippen LogP contribution in [0.25, 0.3) is 33.5 Å². The van der Waals surface area contributed by atoms with Crippen molar-refractivity contribution in [1.29, 1.82) is 0 Å². The quantitative estimate of drug-likeness (QED) is 0.532. The van der Waals surface area contributed by atoms with Crippen LogP contribution in [-0.2, 0) is 13.0 Å². The van der Waals surface area contributed by atoms with E-state index in [1.54, 1.807) is 6.20 Å². The molecule has 1 aliphatic rings. The average Bonchev–Trinajstić information content (AvgIpc) is 3.38. The minimum absolute atomic E-state index is 0.276. The van der Waals surface area contributed by atoms with E-state index in [0.717, 1.165) is 47.4 Å². The van der Waals surface area contributed by atoms with Crippen LogP contribution < -0.4 is 11.1 Å². The van der Waals surface area contributed by atoms with Crippen LogP contribution in [0.15, 0.2) is 48.8 Å². The Labute approximate surface area is 173 Å². The predicted octanol–water partition coefficient (Wildman–Crippen LogP) is 2.19. The molecule has 0 unspecified atom stereocenters. The Morgan fingerprint density at radius 3 is 2.93 bits per heavy atom. The molecule has 0 bridgehead atoms. The van der Waals surface area contributed by atoms with Gasteiger partial charge in [-0.05, 0) is 42.7 Å². The second-order valence-corrected chi connectivity index (χ2v) is 7.22. The number of carbonyl (C=O) groups is 1. The van der Waals surface area contributed by atoms with Crippen molar-refractivity contribution in [3.8, 4) is 22.5 Å². The molecule has 0 aliphatic carbocycles. The van der Waals surface area contributed by atoms with E-state index in [4.69, 9.17) is 10.8 Å². The number of benzene rings is 1. The van der Waals surface area contributed by atoms with Gasteiger partial charge >= 0.3 is 0 Å². The largest absolute Gasteiger partial charge is 0.349 e. The van der Waals surface area contributed by atoms with Crippen LogP contribution in [0.5, 0.6) is 0 Å². The molecule has 8 heteroatoms. The molecule has 5 rings (SSSR count). The van der Waals surface area contributed by atoms with Crippen molar-refractivity contribution in [2.45, 2.75) is 19.4 Å². The molecule has 1 amide bonds. The summed E-state index contributed by atoms with van der Waals surface area (Å²) < 4.78 is 2.08. The van der Waals surface area contributed by atoms with Crippen LogP contribution in [-0.4, -0.2) is 43.7 Å². The molecule has 0 fully saturated rings. The fraction of sp³-hybridized carbons (Fsp3) is 0.227. The minimum atomic E-state index is -0.277. The van der Waals surface area contributed by atoms with Crippen LogP contribution in [0.1, 0.15) is 22.6 Å². The van der Waals surface area contributed by atoms with Crippen LogP contribution in [0.3, 0.4) is 0 Å². The van der Waals surface area contributed by atoms with Crippen LogP contribution in [0.2, 0.25) is 0 Å². The lowest BCUT2D eigenvalue weighted by Gasteiger charge is -2.08. The molecular formula is C22H21N7O. The second-order valence-electron chi connectivity index (χ2n) is 7.22. The zero-order chi connectivity index (χ0) is 20.5. The van der Waals surface area contributed by atoms with Crippen LogP contribution in [0.4, 0.5) is 0 Å². The van der Waals surface area contributed by atoms with E-state index in [2.05, 4.69) is 25.0 Å². The fourth-order valence-electron chi connectivity index (χ4n) is 3.87. The maximum atomic E-state index is 12.3. The molecule has 3 N–H and O–H groups in total. The first-order chi connectivity index (χ1) is 14.7. The third-order valence-corrected chi connectivity index (χ3v) is 5.24. The molecule has 30 heavy (non-hydrogen) atoms. The molecule has 0 spiro atoms. The second kappa shape index (κ2) is 7.64. The molecule has 150 valence electrons. The number of carbonyl (C=O) groups excluding carboxylic acids is 1. The highest BCUT2D eigenvalue weighted by Gasteiger charge is 2.24. The van der Waals surface area contributed by atoms with Gasteiger partial charge in [-0.15, -0.1) is 0 Å². The monoisotopic (exact) mass is 399 g/mol. The van der Waals surface area contributed by atoms with E-state index in [-0.39, 0.29) is 11.6 Å². The van der Waals surface area contributed by atoms with Crippen LogP contribution >= 0.6 is 0 Å². The van der Waals surface area contributed by atoms with E-state index < -0.39 is 0 Å². The molecule has 0 saturated heterocycles. The molecule has 4 aromatic rings. The van der Waals surface area contributed by atoms with Crippen molar-refractivity contribution in [1.82, 2.24) is 30.0 Å². The molecule has 3 aromatic heterocycles. The number of nitrogens with zero attached hydrogens (tertiary/aromatic N) is 5. The molecule has 8 nitrogen and oxygen atoms in total. The van der Waals surface area contributed by atoms with Gasteiger partial charge in [0.1, 0.15) is 11.4 Å². The number of aryl methyl sites for hydroxylation is 1. The summed E-state index contributed by atoms with van der Waals surface area (Å²) >= 11 is 0. The van der Waals surface area contributed by atoms with Crippen molar-refractivity contribution in [3.63, 3.8) is 0 Å². The Hall–Kier alpha value is -3.65. The van der Waals surface area contributed by atoms with Gasteiger partial charge in [-0.25, -0.2) is 4.98 Å². The Morgan fingerprint density at radius 1 is 1.17 bits per heavy atom. The fourth-order valence-corrected chi connectivity index (χ4v) is 3.87. The number of hydrogen-bond donors (Lipinski definition) is 2. The number of pyridine rings is 1. The average molecular weight is 399 g/mol. The highest BCUT2D eigenvalue weighted by molar-refractivity contribution is 5.94. The maximum Gasteiger partial charge on any atom is 0.271 e. The molecule has 0 saturated carbocycles. The summed E-state index contributed by atoms with van der Waals surface area (Å²) in [7, 11) is 0. The summed E-state index contributed by atoms with van der Waals surface area (Å²) in [5.74, 6) is -0.277. The molecule has 0 atom stereocenters. The van der Waals surface area contributed by atoms with E-state index in [1.165, 1.54) is 11.9 Å². The highest BCUT2D eigenvalue weighted by atomic mass is 16.1. The topological polar surface area (TPSA) is 112 Å².